The number of nitrogens with zero attached hydrogens (tertiary/aromatic N) is 2. The van der Waals surface area contributed by atoms with Crippen molar-refractivity contribution in [2.24, 2.45) is 5.92 Å². The highest BCUT2D eigenvalue weighted by Gasteiger charge is 2.25. The number of aldehydes is 1. The van der Waals surface area contributed by atoms with Crippen molar-refractivity contribution in [1.82, 2.24) is 9.03 Å². The highest BCUT2D eigenvalue weighted by atomic mass is 32.2. The molecule has 2 rings (SSSR count). The highest BCUT2D eigenvalue weighted by molar-refractivity contribution is 7.98. The number of carbonyl (C=O) groups excluding carboxylic acids is 1. The zero-order chi connectivity index (χ0) is 21.9. The summed E-state index contributed by atoms with van der Waals surface area (Å²) in [7, 11) is 1.70. The van der Waals surface area contributed by atoms with Crippen molar-refractivity contribution in [2.75, 3.05) is 43.8 Å². The molecule has 5 nitrogen and oxygen atoms in total. The predicted octanol–water partition coefficient (Wildman–Crippen LogP) is 3.85. The molecule has 0 saturated carbocycles. The molecule has 1 aromatic carbocycles. The van der Waals surface area contributed by atoms with Crippen LogP contribution in [0.2, 0.25) is 0 Å². The smallest absolute Gasteiger partial charge is 0.166 e. The number of rotatable bonds is 11. The number of anilines is 1. The minimum Gasteiger partial charge on any atom is -0.487 e. The Morgan fingerprint density at radius 2 is 2.23 bits per heavy atom. The van der Waals surface area contributed by atoms with Crippen LogP contribution in [-0.4, -0.2) is 50.1 Å². The average molecular weight is 448 g/mol. The van der Waals surface area contributed by atoms with Crippen LogP contribution in [0, 0.1) is 23.6 Å². The molecule has 0 radical (unpaired) electrons. The molecular formula is C22H26FN3O2S2. The minimum atomic E-state index is -0.515. The quantitative estimate of drug-likeness (QED) is 0.239. The van der Waals surface area contributed by atoms with Crippen molar-refractivity contribution >= 4 is 36.1 Å². The average Bonchev–Trinajstić information content (AvgIpc) is 2.71. The number of hydrogen-bond donors (Lipinski definition) is 1. The molecule has 1 fully saturated rings. The van der Waals surface area contributed by atoms with E-state index in [2.05, 4.69) is 34.0 Å². The highest BCUT2D eigenvalue weighted by Crippen LogP contribution is 2.36. The number of benzene rings is 1. The molecule has 0 bridgehead atoms. The number of nitrogens with one attached hydrogen (secondary N) is 1. The van der Waals surface area contributed by atoms with Gasteiger partial charge in [0.2, 0.25) is 0 Å². The first-order chi connectivity index (χ1) is 14.6. The van der Waals surface area contributed by atoms with Crippen molar-refractivity contribution < 1.29 is 13.9 Å². The molecule has 160 valence electrons. The number of allylic oxidation sites excluding steroid dienone is 2. The van der Waals surface area contributed by atoms with E-state index >= 15 is 4.39 Å². The Morgan fingerprint density at radius 1 is 1.47 bits per heavy atom. The molecule has 0 atom stereocenters. The fraction of sp³-hybridized carbons (Fsp3) is 0.318. The first-order valence-corrected chi connectivity index (χ1v) is 11.3. The minimum absolute atomic E-state index is 0.0161. The van der Waals surface area contributed by atoms with Crippen molar-refractivity contribution in [3.8, 4) is 17.6 Å². The first-order valence-electron chi connectivity index (χ1n) is 9.32. The largest absolute Gasteiger partial charge is 0.487 e. The summed E-state index contributed by atoms with van der Waals surface area (Å²) in [5.41, 5.74) is 1.25. The van der Waals surface area contributed by atoms with Gasteiger partial charge in [0.1, 0.15) is 24.3 Å². The van der Waals surface area contributed by atoms with Gasteiger partial charge < -0.3 is 9.53 Å². The predicted molar refractivity (Wildman–Crippen MR) is 126 cm³/mol. The Hall–Kier alpha value is -2.18. The lowest BCUT2D eigenvalue weighted by atomic mass is 10.0. The topological polar surface area (TPSA) is 44.8 Å². The van der Waals surface area contributed by atoms with Gasteiger partial charge in [0.05, 0.1) is 12.1 Å². The van der Waals surface area contributed by atoms with Gasteiger partial charge in [-0.15, -0.1) is 0 Å². The fourth-order valence-corrected chi connectivity index (χ4v) is 3.97. The Bertz CT molecular complexity index is 858. The van der Waals surface area contributed by atoms with Crippen molar-refractivity contribution in [3.63, 3.8) is 0 Å². The number of halogens is 1. The lowest BCUT2D eigenvalue weighted by Crippen LogP contribution is -2.40. The fourth-order valence-electron chi connectivity index (χ4n) is 2.69. The van der Waals surface area contributed by atoms with Crippen LogP contribution in [0.5, 0.6) is 5.75 Å². The third kappa shape index (κ3) is 6.41. The Balaban J connectivity index is 2.36. The van der Waals surface area contributed by atoms with Gasteiger partial charge in [-0.2, -0.15) is 0 Å². The SMILES string of the molecule is C=C/C=C(\C=C)COc1ccc(C#CC2CN(SC)C2)c(F)c1N(CC=O)SNC. The third-order valence-electron chi connectivity index (χ3n) is 4.28. The summed E-state index contributed by atoms with van der Waals surface area (Å²) >= 11 is 2.79. The first kappa shape index (κ1) is 24.1. The maximum Gasteiger partial charge on any atom is 0.166 e. The van der Waals surface area contributed by atoms with Gasteiger partial charge in [-0.3, -0.25) is 4.31 Å². The molecule has 0 amide bonds. The summed E-state index contributed by atoms with van der Waals surface area (Å²) in [6.07, 6.45) is 7.79. The van der Waals surface area contributed by atoms with Crippen LogP contribution in [-0.2, 0) is 4.79 Å². The molecule has 8 heteroatoms. The van der Waals surface area contributed by atoms with Gasteiger partial charge in [0, 0.05) is 31.1 Å². The zero-order valence-corrected chi connectivity index (χ0v) is 18.8. The van der Waals surface area contributed by atoms with Crippen molar-refractivity contribution in [1.29, 1.82) is 0 Å². The van der Waals surface area contributed by atoms with E-state index in [-0.39, 0.29) is 30.3 Å². The Kier molecular flexibility index (Phi) is 10.0. The standard InChI is InChI=1S/C22H26FN3O2S2/c1-5-7-17(6-2)16-28-20-11-10-19(9-8-18-14-25(15-18)29-4)21(23)22(20)26(12-13-27)30-24-3/h5-7,10-11,13,18,24H,1-2,12,14-16H2,3-4H3/b17-7+. The summed E-state index contributed by atoms with van der Waals surface area (Å²) < 4.78 is 27.9. The summed E-state index contributed by atoms with van der Waals surface area (Å²) in [5, 5.41) is 0. The van der Waals surface area contributed by atoms with Crippen LogP contribution >= 0.6 is 24.1 Å². The van der Waals surface area contributed by atoms with E-state index in [0.717, 1.165) is 30.8 Å². The second-order valence-electron chi connectivity index (χ2n) is 6.26. The zero-order valence-electron chi connectivity index (χ0n) is 17.2. The number of hydrogen-bond acceptors (Lipinski definition) is 7. The van der Waals surface area contributed by atoms with E-state index in [9.17, 15) is 4.79 Å². The van der Waals surface area contributed by atoms with Crippen LogP contribution in [0.4, 0.5) is 10.1 Å². The van der Waals surface area contributed by atoms with E-state index < -0.39 is 5.82 Å². The van der Waals surface area contributed by atoms with E-state index in [0.29, 0.717) is 12.0 Å². The molecule has 1 heterocycles. The van der Waals surface area contributed by atoms with Crippen LogP contribution in [0.1, 0.15) is 5.56 Å². The summed E-state index contributed by atoms with van der Waals surface area (Å²) in [4.78, 5) is 11.2. The summed E-state index contributed by atoms with van der Waals surface area (Å²) in [5.74, 6) is 6.13. The van der Waals surface area contributed by atoms with E-state index in [1.165, 1.54) is 4.31 Å². The van der Waals surface area contributed by atoms with Crippen molar-refractivity contribution in [3.05, 3.63) is 60.5 Å². The van der Waals surface area contributed by atoms with Gasteiger partial charge in [-0.05, 0) is 31.0 Å². The van der Waals surface area contributed by atoms with Gasteiger partial charge in [-0.25, -0.2) is 13.4 Å². The van der Waals surface area contributed by atoms with Gasteiger partial charge in [0.15, 0.2) is 5.82 Å². The van der Waals surface area contributed by atoms with Crippen molar-refractivity contribution in [2.45, 2.75) is 0 Å². The molecule has 30 heavy (non-hydrogen) atoms. The molecule has 0 aromatic heterocycles. The van der Waals surface area contributed by atoms with Gasteiger partial charge in [-0.1, -0.05) is 55.2 Å². The Morgan fingerprint density at radius 3 is 2.83 bits per heavy atom. The van der Waals surface area contributed by atoms with Crippen LogP contribution in [0.25, 0.3) is 0 Å². The second kappa shape index (κ2) is 12.5. The normalized spacial score (nSPS) is 14.3. The van der Waals surface area contributed by atoms with E-state index in [4.69, 9.17) is 4.74 Å². The lowest BCUT2D eigenvalue weighted by Gasteiger charge is -2.33. The molecule has 0 aliphatic carbocycles. The van der Waals surface area contributed by atoms with E-state index in [1.807, 2.05) is 6.26 Å². The van der Waals surface area contributed by atoms with Crippen LogP contribution in [0.15, 0.2) is 49.1 Å². The molecule has 0 spiro atoms. The summed E-state index contributed by atoms with van der Waals surface area (Å²) in [6, 6.07) is 3.29. The maximum absolute atomic E-state index is 15.5. The lowest BCUT2D eigenvalue weighted by molar-refractivity contribution is -0.106. The molecule has 1 N–H and O–H groups in total. The van der Waals surface area contributed by atoms with Gasteiger partial charge in [0.25, 0.3) is 0 Å². The number of ether oxygens (including phenoxy) is 1. The number of carbonyl (C=O) groups is 1. The third-order valence-corrected chi connectivity index (χ3v) is 5.83. The molecular weight excluding hydrogens is 421 g/mol. The molecule has 1 aliphatic rings. The maximum atomic E-state index is 15.5. The van der Waals surface area contributed by atoms with E-state index in [1.54, 1.807) is 49.4 Å². The molecule has 0 unspecified atom stereocenters. The molecule has 1 aliphatic heterocycles. The molecule has 1 saturated heterocycles. The second-order valence-corrected chi connectivity index (χ2v) is 8.18. The Labute approximate surface area is 186 Å². The summed E-state index contributed by atoms with van der Waals surface area (Å²) in [6.45, 7) is 9.32. The van der Waals surface area contributed by atoms with Gasteiger partial charge >= 0.3 is 0 Å². The van der Waals surface area contributed by atoms with Crippen LogP contribution < -0.4 is 13.8 Å². The van der Waals surface area contributed by atoms with Crippen LogP contribution in [0.3, 0.4) is 0 Å². The monoisotopic (exact) mass is 447 g/mol. The molecule has 1 aromatic rings.